The van der Waals surface area contributed by atoms with E-state index in [-0.39, 0.29) is 25.5 Å². The summed E-state index contributed by atoms with van der Waals surface area (Å²) in [4.78, 5) is 40.4. The molecule has 1 atom stereocenters. The number of ether oxygens (including phenoxy) is 1. The van der Waals surface area contributed by atoms with Crippen molar-refractivity contribution >= 4 is 18.0 Å². The van der Waals surface area contributed by atoms with Crippen LogP contribution in [0.2, 0.25) is 0 Å². The predicted molar refractivity (Wildman–Crippen MR) is 147 cm³/mol. The maximum Gasteiger partial charge on any atom is 0.408 e. The molecule has 1 heterocycles. The number of rotatable bonds is 8. The summed E-state index contributed by atoms with van der Waals surface area (Å²) in [5.74, 6) is -1.78. The van der Waals surface area contributed by atoms with Crippen molar-refractivity contribution in [2.45, 2.75) is 43.8 Å². The second-order valence-corrected chi connectivity index (χ2v) is 10.9. The summed E-state index contributed by atoms with van der Waals surface area (Å²) in [6.07, 6.45) is -0.472. The van der Waals surface area contributed by atoms with Crippen molar-refractivity contribution in [3.05, 3.63) is 95.6 Å². The number of carbonyl (C=O) groups excluding carboxylic acids is 2. The van der Waals surface area contributed by atoms with Crippen LogP contribution in [0.5, 0.6) is 0 Å². The van der Waals surface area contributed by atoms with E-state index in [4.69, 9.17) is 4.74 Å². The minimum Gasteiger partial charge on any atom is -0.479 e. The lowest BCUT2D eigenvalue weighted by molar-refractivity contribution is -0.148. The summed E-state index contributed by atoms with van der Waals surface area (Å²) in [5.41, 5.74) is 2.67. The zero-order valence-electron chi connectivity index (χ0n) is 22.1. The second kappa shape index (κ2) is 10.5. The van der Waals surface area contributed by atoms with Gasteiger partial charge in [0.1, 0.15) is 12.1 Å². The molecule has 8 heteroatoms. The van der Waals surface area contributed by atoms with Crippen molar-refractivity contribution in [2.24, 2.45) is 0 Å². The third-order valence-electron chi connectivity index (χ3n) is 7.69. The van der Waals surface area contributed by atoms with Crippen LogP contribution in [0.1, 0.15) is 42.9 Å². The molecule has 2 aliphatic rings. The molecule has 1 aliphatic heterocycles. The lowest BCUT2D eigenvalue weighted by Crippen LogP contribution is -2.64. The average molecular weight is 528 g/mol. The predicted octanol–water partition coefficient (Wildman–Crippen LogP) is 4.15. The van der Waals surface area contributed by atoms with Gasteiger partial charge in [-0.3, -0.25) is 9.69 Å². The monoisotopic (exact) mass is 527 g/mol. The highest BCUT2D eigenvalue weighted by Gasteiger charge is 2.48. The first-order valence-electron chi connectivity index (χ1n) is 13.1. The maximum absolute atomic E-state index is 13.3. The molecule has 39 heavy (non-hydrogen) atoms. The van der Waals surface area contributed by atoms with Gasteiger partial charge in [-0.25, -0.2) is 9.59 Å². The normalized spacial score (nSPS) is 18.7. The van der Waals surface area contributed by atoms with Gasteiger partial charge in [0.2, 0.25) is 5.91 Å². The number of aliphatic carboxylic acids is 1. The fourth-order valence-electron chi connectivity index (χ4n) is 5.52. The molecule has 3 aromatic carbocycles. The molecule has 3 N–H and O–H groups in total. The van der Waals surface area contributed by atoms with E-state index < -0.39 is 29.0 Å². The Hall–Kier alpha value is -4.17. The molecule has 1 aliphatic carbocycles. The smallest absolute Gasteiger partial charge is 0.408 e. The van der Waals surface area contributed by atoms with Crippen LogP contribution >= 0.6 is 0 Å². The Morgan fingerprint density at radius 3 is 2.15 bits per heavy atom. The SMILES string of the molecule is CC(C)(NC(=O)OCC1c2ccccc2-c2ccccc21)C(=O)NC1(C(=O)O)CCN(Cc2ccccc2)C1. The van der Waals surface area contributed by atoms with Crippen molar-refractivity contribution in [1.82, 2.24) is 15.5 Å². The number of nitrogens with one attached hydrogen (secondary N) is 2. The van der Waals surface area contributed by atoms with Crippen LogP contribution in [0, 0.1) is 0 Å². The van der Waals surface area contributed by atoms with Crippen LogP contribution in [0.25, 0.3) is 11.1 Å². The fourth-order valence-corrected chi connectivity index (χ4v) is 5.52. The molecule has 0 spiro atoms. The third kappa shape index (κ3) is 5.38. The van der Waals surface area contributed by atoms with E-state index in [1.807, 2.05) is 71.6 Å². The summed E-state index contributed by atoms with van der Waals surface area (Å²) in [6.45, 7) is 4.48. The molecule has 1 saturated heterocycles. The number of likely N-dealkylation sites (tertiary alicyclic amines) is 1. The summed E-state index contributed by atoms with van der Waals surface area (Å²) in [7, 11) is 0. The molecule has 1 unspecified atom stereocenters. The molecular formula is C31H33N3O5. The Bertz CT molecular complexity index is 1340. The minimum absolute atomic E-state index is 0.107. The lowest BCUT2D eigenvalue weighted by atomic mass is 9.95. The number of hydrogen-bond donors (Lipinski definition) is 3. The lowest BCUT2D eigenvalue weighted by Gasteiger charge is -2.32. The van der Waals surface area contributed by atoms with Crippen LogP contribution in [-0.2, 0) is 20.9 Å². The van der Waals surface area contributed by atoms with Gasteiger partial charge in [0, 0.05) is 25.6 Å². The van der Waals surface area contributed by atoms with Gasteiger partial charge >= 0.3 is 12.1 Å². The van der Waals surface area contributed by atoms with E-state index in [1.54, 1.807) is 0 Å². The van der Waals surface area contributed by atoms with Gasteiger partial charge in [0.15, 0.2) is 5.54 Å². The standard InChI is InChI=1S/C31H33N3O5/c1-30(2,27(35)32-31(28(36)37)16-17-34(20-31)18-21-10-4-3-5-11-21)33-29(38)39-19-26-24-14-8-6-12-22(24)23-13-7-9-15-25(23)26/h3-15,26H,16-20H2,1-2H3,(H,32,35)(H,33,38)(H,36,37). The summed E-state index contributed by atoms with van der Waals surface area (Å²) < 4.78 is 5.60. The van der Waals surface area contributed by atoms with Crippen molar-refractivity contribution in [3.63, 3.8) is 0 Å². The number of hydrogen-bond acceptors (Lipinski definition) is 5. The number of nitrogens with zero attached hydrogens (tertiary/aromatic N) is 1. The molecular weight excluding hydrogens is 494 g/mol. The van der Waals surface area contributed by atoms with Gasteiger partial charge < -0.3 is 20.5 Å². The Morgan fingerprint density at radius 1 is 0.949 bits per heavy atom. The molecule has 0 aromatic heterocycles. The van der Waals surface area contributed by atoms with E-state index >= 15 is 0 Å². The second-order valence-electron chi connectivity index (χ2n) is 10.9. The van der Waals surface area contributed by atoms with Gasteiger partial charge in [-0.15, -0.1) is 0 Å². The largest absolute Gasteiger partial charge is 0.479 e. The van der Waals surface area contributed by atoms with E-state index in [0.717, 1.165) is 27.8 Å². The first-order valence-corrected chi connectivity index (χ1v) is 13.1. The first-order chi connectivity index (χ1) is 18.7. The molecule has 202 valence electrons. The molecule has 0 radical (unpaired) electrons. The highest BCUT2D eigenvalue weighted by molar-refractivity contribution is 5.94. The van der Waals surface area contributed by atoms with E-state index in [0.29, 0.717) is 13.1 Å². The van der Waals surface area contributed by atoms with Crippen LogP contribution in [0.4, 0.5) is 4.79 Å². The third-order valence-corrected chi connectivity index (χ3v) is 7.69. The molecule has 8 nitrogen and oxygen atoms in total. The van der Waals surface area contributed by atoms with E-state index in [9.17, 15) is 19.5 Å². The number of benzene rings is 3. The first kappa shape index (κ1) is 26.4. The number of carboxylic acid groups (broad SMARTS) is 1. The van der Waals surface area contributed by atoms with Gasteiger partial charge in [0.05, 0.1) is 0 Å². The highest BCUT2D eigenvalue weighted by Crippen LogP contribution is 2.44. The number of fused-ring (bicyclic) bond motifs is 3. The van der Waals surface area contributed by atoms with E-state index in [1.165, 1.54) is 13.8 Å². The quantitative estimate of drug-likeness (QED) is 0.406. The minimum atomic E-state index is -1.44. The zero-order valence-corrected chi connectivity index (χ0v) is 22.1. The van der Waals surface area contributed by atoms with E-state index in [2.05, 4.69) is 22.8 Å². The van der Waals surface area contributed by atoms with Gasteiger partial charge in [-0.1, -0.05) is 78.9 Å². The Morgan fingerprint density at radius 2 is 1.54 bits per heavy atom. The molecule has 2 amide bonds. The van der Waals surface area contributed by atoms with Crippen LogP contribution in [0.15, 0.2) is 78.9 Å². The molecule has 0 saturated carbocycles. The van der Waals surface area contributed by atoms with Crippen LogP contribution < -0.4 is 10.6 Å². The number of alkyl carbamates (subject to hydrolysis) is 1. The molecule has 5 rings (SSSR count). The number of amides is 2. The van der Waals surface area contributed by atoms with Crippen LogP contribution in [0.3, 0.4) is 0 Å². The van der Waals surface area contributed by atoms with Crippen molar-refractivity contribution in [3.8, 4) is 11.1 Å². The molecule has 0 bridgehead atoms. The highest BCUT2D eigenvalue weighted by atomic mass is 16.5. The average Bonchev–Trinajstić information content (AvgIpc) is 3.47. The molecule has 1 fully saturated rings. The summed E-state index contributed by atoms with van der Waals surface area (Å²) in [5, 5.41) is 15.4. The van der Waals surface area contributed by atoms with Crippen molar-refractivity contribution in [1.29, 1.82) is 0 Å². The number of carboxylic acids is 1. The van der Waals surface area contributed by atoms with Gasteiger partial charge in [-0.2, -0.15) is 0 Å². The van der Waals surface area contributed by atoms with Gasteiger partial charge in [-0.05, 0) is 48.1 Å². The Balaban J connectivity index is 1.20. The summed E-state index contributed by atoms with van der Waals surface area (Å²) >= 11 is 0. The van der Waals surface area contributed by atoms with Crippen molar-refractivity contribution < 1.29 is 24.2 Å². The summed E-state index contributed by atoms with van der Waals surface area (Å²) in [6, 6.07) is 25.9. The number of carbonyl (C=O) groups is 3. The fraction of sp³-hybridized carbons (Fsp3) is 0.323. The Kier molecular flexibility index (Phi) is 7.14. The topological polar surface area (TPSA) is 108 Å². The van der Waals surface area contributed by atoms with Crippen molar-refractivity contribution in [2.75, 3.05) is 19.7 Å². The zero-order chi connectivity index (χ0) is 27.6. The Labute approximate surface area is 228 Å². The van der Waals surface area contributed by atoms with Crippen LogP contribution in [-0.4, -0.2) is 58.8 Å². The maximum atomic E-state index is 13.3. The van der Waals surface area contributed by atoms with Gasteiger partial charge in [0.25, 0.3) is 0 Å². The molecule has 3 aromatic rings.